The molecule has 1 saturated heterocycles. The van der Waals surface area contributed by atoms with Crippen LogP contribution in [0.3, 0.4) is 0 Å². The average molecular weight is 207 g/mol. The van der Waals surface area contributed by atoms with Gasteiger partial charge in [-0.15, -0.1) is 0 Å². The molecule has 1 aliphatic rings. The number of rotatable bonds is 4. The Morgan fingerprint density at radius 3 is 1.73 bits per heavy atom. The monoisotopic (exact) mass is 207 g/mol. The number of amides is 2. The molecule has 0 bridgehead atoms. The molecular formula is C12H17NO2. The van der Waals surface area contributed by atoms with E-state index in [4.69, 9.17) is 0 Å². The molecule has 1 aliphatic heterocycles. The van der Waals surface area contributed by atoms with Crippen LogP contribution in [-0.4, -0.2) is 11.8 Å². The highest BCUT2D eigenvalue weighted by atomic mass is 16.2. The fourth-order valence-electron chi connectivity index (χ4n) is 1.59. The van der Waals surface area contributed by atoms with Gasteiger partial charge in [0.05, 0.1) is 11.8 Å². The maximum atomic E-state index is 11.4. The molecule has 1 rings (SSSR count). The Balaban J connectivity index is 2.80. The lowest BCUT2D eigenvalue weighted by molar-refractivity contribution is -0.125. The number of carbonyl (C=O) groups excluding carboxylic acids is 2. The molecule has 1 N–H and O–H groups in total. The summed E-state index contributed by atoms with van der Waals surface area (Å²) in [5, 5.41) is 2.35. The molecule has 0 spiro atoms. The summed E-state index contributed by atoms with van der Waals surface area (Å²) in [7, 11) is 0. The summed E-state index contributed by atoms with van der Waals surface area (Å²) in [6.07, 6.45) is 9.26. The second-order valence-electron chi connectivity index (χ2n) is 3.58. The second-order valence-corrected chi connectivity index (χ2v) is 3.58. The van der Waals surface area contributed by atoms with Crippen LogP contribution in [0.4, 0.5) is 0 Å². The van der Waals surface area contributed by atoms with Gasteiger partial charge in [-0.05, 0) is 12.8 Å². The zero-order valence-corrected chi connectivity index (χ0v) is 9.19. The van der Waals surface area contributed by atoms with E-state index in [1.807, 2.05) is 38.2 Å². The topological polar surface area (TPSA) is 46.2 Å². The molecule has 0 saturated carbocycles. The van der Waals surface area contributed by atoms with E-state index in [0.29, 0.717) is 0 Å². The smallest absolute Gasteiger partial charge is 0.234 e. The summed E-state index contributed by atoms with van der Waals surface area (Å²) < 4.78 is 0. The molecule has 0 radical (unpaired) electrons. The van der Waals surface area contributed by atoms with Crippen LogP contribution < -0.4 is 5.32 Å². The quantitative estimate of drug-likeness (QED) is 0.564. The largest absolute Gasteiger partial charge is 0.295 e. The number of imide groups is 1. The molecule has 0 aromatic rings. The molecule has 2 atom stereocenters. The average Bonchev–Trinajstić information content (AvgIpc) is 2.47. The molecule has 15 heavy (non-hydrogen) atoms. The van der Waals surface area contributed by atoms with E-state index >= 15 is 0 Å². The molecule has 2 amide bonds. The molecule has 1 heterocycles. The Morgan fingerprint density at radius 1 is 1.00 bits per heavy atom. The van der Waals surface area contributed by atoms with Crippen molar-refractivity contribution in [3.8, 4) is 0 Å². The zero-order chi connectivity index (χ0) is 11.3. The first kappa shape index (κ1) is 11.7. The molecule has 0 aromatic carbocycles. The van der Waals surface area contributed by atoms with Crippen molar-refractivity contribution in [1.82, 2.24) is 5.32 Å². The van der Waals surface area contributed by atoms with Crippen molar-refractivity contribution in [3.05, 3.63) is 24.3 Å². The van der Waals surface area contributed by atoms with E-state index in [2.05, 4.69) is 5.32 Å². The predicted molar refractivity (Wildman–Crippen MR) is 59.0 cm³/mol. The van der Waals surface area contributed by atoms with Gasteiger partial charge in [0.15, 0.2) is 0 Å². The molecule has 82 valence electrons. The van der Waals surface area contributed by atoms with Gasteiger partial charge in [-0.3, -0.25) is 14.9 Å². The Kier molecular flexibility index (Phi) is 4.28. The second kappa shape index (κ2) is 5.49. The first-order valence-corrected chi connectivity index (χ1v) is 5.38. The summed E-state index contributed by atoms with van der Waals surface area (Å²) in [5.41, 5.74) is 0. The Labute approximate surface area is 90.2 Å². The maximum absolute atomic E-state index is 11.4. The Hall–Kier alpha value is -1.38. The zero-order valence-electron chi connectivity index (χ0n) is 9.19. The van der Waals surface area contributed by atoms with Crippen LogP contribution in [0.2, 0.25) is 0 Å². The predicted octanol–water partition coefficient (Wildman–Crippen LogP) is 1.81. The third-order valence-electron chi connectivity index (χ3n) is 2.40. The van der Waals surface area contributed by atoms with Gasteiger partial charge in [0, 0.05) is 0 Å². The molecule has 1 fully saturated rings. The van der Waals surface area contributed by atoms with E-state index in [-0.39, 0.29) is 23.7 Å². The van der Waals surface area contributed by atoms with Gasteiger partial charge in [-0.25, -0.2) is 0 Å². The number of hydrogen-bond donors (Lipinski definition) is 1. The summed E-state index contributed by atoms with van der Waals surface area (Å²) in [5.74, 6) is -1.01. The van der Waals surface area contributed by atoms with Crippen molar-refractivity contribution in [1.29, 1.82) is 0 Å². The van der Waals surface area contributed by atoms with E-state index in [0.717, 1.165) is 12.8 Å². The fraction of sp³-hybridized carbons (Fsp3) is 0.500. The highest BCUT2D eigenvalue weighted by molar-refractivity contribution is 6.06. The lowest BCUT2D eigenvalue weighted by Crippen LogP contribution is -2.21. The standard InChI is InChI=1S/C12H17NO2/c1-3-5-7-9-10(8-6-4-2)12(15)13-11(9)14/h5-10H,3-4H2,1-2H3,(H,13,14,15). The maximum Gasteiger partial charge on any atom is 0.234 e. The summed E-state index contributed by atoms with van der Waals surface area (Å²) in [6, 6.07) is 0. The minimum absolute atomic E-state index is 0.185. The minimum Gasteiger partial charge on any atom is -0.295 e. The molecule has 0 aromatic heterocycles. The van der Waals surface area contributed by atoms with Gasteiger partial charge in [0.2, 0.25) is 11.8 Å². The van der Waals surface area contributed by atoms with Gasteiger partial charge in [0.25, 0.3) is 0 Å². The van der Waals surface area contributed by atoms with E-state index in [1.54, 1.807) is 0 Å². The van der Waals surface area contributed by atoms with E-state index < -0.39 is 0 Å². The van der Waals surface area contributed by atoms with Crippen LogP contribution in [0.15, 0.2) is 24.3 Å². The van der Waals surface area contributed by atoms with Crippen molar-refractivity contribution in [2.75, 3.05) is 0 Å². The van der Waals surface area contributed by atoms with E-state index in [9.17, 15) is 9.59 Å². The third-order valence-corrected chi connectivity index (χ3v) is 2.40. The van der Waals surface area contributed by atoms with Crippen molar-refractivity contribution in [2.24, 2.45) is 11.8 Å². The summed E-state index contributed by atoms with van der Waals surface area (Å²) in [6.45, 7) is 4.00. The first-order chi connectivity index (χ1) is 7.20. The normalized spacial score (nSPS) is 26.8. The lowest BCUT2D eigenvalue weighted by atomic mass is 9.93. The molecular weight excluding hydrogens is 190 g/mol. The van der Waals surface area contributed by atoms with Gasteiger partial charge in [-0.1, -0.05) is 38.2 Å². The number of allylic oxidation sites excluding steroid dienone is 2. The van der Waals surface area contributed by atoms with Gasteiger partial charge in [-0.2, -0.15) is 0 Å². The van der Waals surface area contributed by atoms with E-state index in [1.165, 1.54) is 0 Å². The van der Waals surface area contributed by atoms with Crippen LogP contribution in [0, 0.1) is 11.8 Å². The van der Waals surface area contributed by atoms with Gasteiger partial charge < -0.3 is 0 Å². The SMILES string of the molecule is CCC=CC1C(=O)NC(=O)C1C=CCC. The first-order valence-electron chi connectivity index (χ1n) is 5.38. The van der Waals surface area contributed by atoms with Gasteiger partial charge in [0.1, 0.15) is 0 Å². The molecule has 3 nitrogen and oxygen atoms in total. The van der Waals surface area contributed by atoms with Crippen LogP contribution in [-0.2, 0) is 9.59 Å². The fourth-order valence-corrected chi connectivity index (χ4v) is 1.59. The highest BCUT2D eigenvalue weighted by Crippen LogP contribution is 2.22. The summed E-state index contributed by atoms with van der Waals surface area (Å²) in [4.78, 5) is 22.9. The summed E-state index contributed by atoms with van der Waals surface area (Å²) >= 11 is 0. The highest BCUT2D eigenvalue weighted by Gasteiger charge is 2.37. The Morgan fingerprint density at radius 2 is 1.40 bits per heavy atom. The third kappa shape index (κ3) is 2.78. The van der Waals surface area contributed by atoms with Crippen LogP contribution >= 0.6 is 0 Å². The van der Waals surface area contributed by atoms with Crippen molar-refractivity contribution < 1.29 is 9.59 Å². The van der Waals surface area contributed by atoms with Gasteiger partial charge >= 0.3 is 0 Å². The Bertz CT molecular complexity index is 275. The lowest BCUT2D eigenvalue weighted by Gasteiger charge is -2.05. The number of hydrogen-bond acceptors (Lipinski definition) is 2. The molecule has 0 aliphatic carbocycles. The molecule has 3 heteroatoms. The van der Waals surface area contributed by atoms with Crippen molar-refractivity contribution in [2.45, 2.75) is 26.7 Å². The van der Waals surface area contributed by atoms with Crippen LogP contribution in [0.5, 0.6) is 0 Å². The van der Waals surface area contributed by atoms with Crippen molar-refractivity contribution >= 4 is 11.8 Å². The molecule has 2 unspecified atom stereocenters. The van der Waals surface area contributed by atoms with Crippen LogP contribution in [0.1, 0.15) is 26.7 Å². The number of carbonyl (C=O) groups is 2. The van der Waals surface area contributed by atoms with Crippen molar-refractivity contribution in [3.63, 3.8) is 0 Å². The van der Waals surface area contributed by atoms with Crippen LogP contribution in [0.25, 0.3) is 0 Å². The number of nitrogens with one attached hydrogen (secondary N) is 1. The minimum atomic E-state index is -0.319.